The van der Waals surface area contributed by atoms with Crippen molar-refractivity contribution in [1.82, 2.24) is 4.98 Å². The maximum atomic E-state index is 9.03. The second-order valence-corrected chi connectivity index (χ2v) is 6.58. The molecule has 3 heteroatoms. The molecule has 2 atom stereocenters. The van der Waals surface area contributed by atoms with Gasteiger partial charge in [0.25, 0.3) is 0 Å². The monoisotopic (exact) mass is 284 g/mol. The number of aromatic nitrogens is 1. The van der Waals surface area contributed by atoms with Crippen LogP contribution in [0.3, 0.4) is 0 Å². The van der Waals surface area contributed by atoms with Crippen LogP contribution in [0.4, 0.5) is 0 Å². The zero-order valence-corrected chi connectivity index (χ0v) is 12.6. The van der Waals surface area contributed by atoms with E-state index in [4.69, 9.17) is 10.00 Å². The van der Waals surface area contributed by atoms with Gasteiger partial charge in [-0.25, -0.2) is 4.98 Å². The fraction of sp³-hybridized carbons (Fsp3) is 0.667. The maximum absolute atomic E-state index is 9.03. The predicted molar refractivity (Wildman–Crippen MR) is 82.0 cm³/mol. The molecule has 1 aromatic heterocycles. The lowest BCUT2D eigenvalue weighted by Crippen LogP contribution is -2.15. The van der Waals surface area contributed by atoms with Crippen molar-refractivity contribution >= 4 is 0 Å². The molecule has 0 radical (unpaired) electrons. The van der Waals surface area contributed by atoms with E-state index in [2.05, 4.69) is 23.2 Å². The summed E-state index contributed by atoms with van der Waals surface area (Å²) in [7, 11) is 0. The van der Waals surface area contributed by atoms with Gasteiger partial charge in [-0.15, -0.1) is 0 Å². The maximum Gasteiger partial charge on any atom is 0.213 e. The van der Waals surface area contributed by atoms with E-state index in [-0.39, 0.29) is 5.92 Å². The molecule has 1 aromatic rings. The van der Waals surface area contributed by atoms with E-state index in [0.717, 1.165) is 31.7 Å². The summed E-state index contributed by atoms with van der Waals surface area (Å²) in [6.07, 6.45) is 11.7. The molecule has 112 valence electrons. The Morgan fingerprint density at radius 1 is 1.19 bits per heavy atom. The second kappa shape index (κ2) is 6.93. The molecule has 0 aliphatic heterocycles. The molecule has 2 aliphatic carbocycles. The van der Waals surface area contributed by atoms with Gasteiger partial charge in [0.15, 0.2) is 0 Å². The van der Waals surface area contributed by atoms with Crippen molar-refractivity contribution in [2.45, 2.75) is 57.3 Å². The summed E-state index contributed by atoms with van der Waals surface area (Å²) < 4.78 is 5.92. The van der Waals surface area contributed by atoms with Crippen LogP contribution < -0.4 is 4.74 Å². The van der Waals surface area contributed by atoms with E-state index in [0.29, 0.717) is 11.8 Å². The highest BCUT2D eigenvalue weighted by Crippen LogP contribution is 2.38. The summed E-state index contributed by atoms with van der Waals surface area (Å²) in [6.45, 7) is 0.807. The summed E-state index contributed by atoms with van der Waals surface area (Å²) >= 11 is 0. The van der Waals surface area contributed by atoms with E-state index in [9.17, 15) is 0 Å². The SMILES string of the molecule is N#CC1CCC(c2ccnc(OCC3CCCCC3)c2)C1. The molecule has 0 saturated heterocycles. The van der Waals surface area contributed by atoms with Gasteiger partial charge in [0.1, 0.15) is 0 Å². The van der Waals surface area contributed by atoms with Gasteiger partial charge in [0.2, 0.25) is 5.88 Å². The topological polar surface area (TPSA) is 45.9 Å². The average Bonchev–Trinajstić information content (AvgIpc) is 3.03. The van der Waals surface area contributed by atoms with Gasteiger partial charge in [-0.1, -0.05) is 19.3 Å². The highest BCUT2D eigenvalue weighted by Gasteiger charge is 2.26. The first-order valence-corrected chi connectivity index (χ1v) is 8.33. The smallest absolute Gasteiger partial charge is 0.213 e. The van der Waals surface area contributed by atoms with Crippen LogP contribution in [-0.4, -0.2) is 11.6 Å². The molecule has 3 nitrogen and oxygen atoms in total. The normalized spacial score (nSPS) is 26.4. The van der Waals surface area contributed by atoms with Crippen LogP contribution in [-0.2, 0) is 0 Å². The molecule has 2 fully saturated rings. The Bertz CT molecular complexity index is 502. The molecule has 0 amide bonds. The Morgan fingerprint density at radius 3 is 2.81 bits per heavy atom. The first kappa shape index (κ1) is 14.4. The Labute approximate surface area is 127 Å². The third kappa shape index (κ3) is 3.75. The minimum atomic E-state index is 0.231. The van der Waals surface area contributed by atoms with Gasteiger partial charge in [-0.05, 0) is 55.6 Å². The van der Waals surface area contributed by atoms with Crippen molar-refractivity contribution < 1.29 is 4.74 Å². The Balaban J connectivity index is 1.57. The number of nitriles is 1. The van der Waals surface area contributed by atoms with Crippen molar-refractivity contribution in [2.75, 3.05) is 6.61 Å². The zero-order chi connectivity index (χ0) is 14.5. The Kier molecular flexibility index (Phi) is 4.75. The van der Waals surface area contributed by atoms with Crippen molar-refractivity contribution in [3.05, 3.63) is 23.9 Å². The van der Waals surface area contributed by atoms with Crippen molar-refractivity contribution in [2.24, 2.45) is 11.8 Å². The second-order valence-electron chi connectivity index (χ2n) is 6.58. The summed E-state index contributed by atoms with van der Waals surface area (Å²) in [5.74, 6) is 2.21. The molecule has 0 bridgehead atoms. The molecule has 3 rings (SSSR count). The van der Waals surface area contributed by atoms with E-state index in [1.54, 1.807) is 0 Å². The molecule has 0 aromatic carbocycles. The highest BCUT2D eigenvalue weighted by molar-refractivity contribution is 5.25. The van der Waals surface area contributed by atoms with E-state index in [1.807, 2.05) is 6.20 Å². The van der Waals surface area contributed by atoms with Crippen molar-refractivity contribution in [1.29, 1.82) is 5.26 Å². The molecule has 1 heterocycles. The van der Waals surface area contributed by atoms with E-state index >= 15 is 0 Å². The molecular weight excluding hydrogens is 260 g/mol. The molecule has 0 N–H and O–H groups in total. The Hall–Kier alpha value is -1.56. The summed E-state index contributed by atoms with van der Waals surface area (Å²) in [4.78, 5) is 4.35. The van der Waals surface area contributed by atoms with Crippen molar-refractivity contribution in [3.63, 3.8) is 0 Å². The summed E-state index contributed by atoms with van der Waals surface area (Å²) in [5, 5.41) is 9.03. The average molecular weight is 284 g/mol. The molecule has 21 heavy (non-hydrogen) atoms. The molecule has 0 spiro atoms. The fourth-order valence-electron chi connectivity index (χ4n) is 3.72. The lowest BCUT2D eigenvalue weighted by atomic mass is 9.90. The number of ether oxygens (including phenoxy) is 1. The van der Waals surface area contributed by atoms with Crippen LogP contribution in [0, 0.1) is 23.2 Å². The summed E-state index contributed by atoms with van der Waals surface area (Å²) in [6, 6.07) is 6.57. The minimum Gasteiger partial charge on any atom is -0.477 e. The largest absolute Gasteiger partial charge is 0.477 e. The number of nitrogens with zero attached hydrogens (tertiary/aromatic N) is 2. The quantitative estimate of drug-likeness (QED) is 0.820. The van der Waals surface area contributed by atoms with Crippen LogP contribution in [0.5, 0.6) is 5.88 Å². The molecular formula is C18H24N2O. The van der Waals surface area contributed by atoms with Crippen molar-refractivity contribution in [3.8, 4) is 11.9 Å². The molecule has 2 saturated carbocycles. The van der Waals surface area contributed by atoms with Gasteiger partial charge in [0.05, 0.1) is 12.7 Å². The fourth-order valence-corrected chi connectivity index (χ4v) is 3.72. The number of hydrogen-bond acceptors (Lipinski definition) is 3. The summed E-state index contributed by atoms with van der Waals surface area (Å²) in [5.41, 5.74) is 1.29. The van der Waals surface area contributed by atoms with Gasteiger partial charge >= 0.3 is 0 Å². The lowest BCUT2D eigenvalue weighted by molar-refractivity contribution is 0.202. The van der Waals surface area contributed by atoms with Gasteiger partial charge in [0, 0.05) is 18.2 Å². The highest BCUT2D eigenvalue weighted by atomic mass is 16.5. The third-order valence-corrected chi connectivity index (χ3v) is 5.04. The van der Waals surface area contributed by atoms with Gasteiger partial charge < -0.3 is 4.74 Å². The van der Waals surface area contributed by atoms with Crippen LogP contribution >= 0.6 is 0 Å². The van der Waals surface area contributed by atoms with Crippen LogP contribution in [0.15, 0.2) is 18.3 Å². The van der Waals surface area contributed by atoms with Crippen LogP contribution in [0.2, 0.25) is 0 Å². The third-order valence-electron chi connectivity index (χ3n) is 5.04. The van der Waals surface area contributed by atoms with E-state index < -0.39 is 0 Å². The molecule has 2 aliphatic rings. The Morgan fingerprint density at radius 2 is 2.05 bits per heavy atom. The van der Waals surface area contributed by atoms with Gasteiger partial charge in [-0.3, -0.25) is 0 Å². The zero-order valence-electron chi connectivity index (χ0n) is 12.6. The van der Waals surface area contributed by atoms with E-state index in [1.165, 1.54) is 37.7 Å². The number of hydrogen-bond donors (Lipinski definition) is 0. The predicted octanol–water partition coefficient (Wildman–Crippen LogP) is 4.45. The minimum absolute atomic E-state index is 0.231. The van der Waals surface area contributed by atoms with Gasteiger partial charge in [-0.2, -0.15) is 5.26 Å². The first-order valence-electron chi connectivity index (χ1n) is 8.33. The molecule has 2 unspecified atom stereocenters. The number of pyridine rings is 1. The standard InChI is InChI=1S/C18H24N2O/c19-12-15-6-7-16(10-15)17-8-9-20-18(11-17)21-13-14-4-2-1-3-5-14/h8-9,11,14-16H,1-7,10,13H2. The lowest BCUT2D eigenvalue weighted by Gasteiger charge is -2.21. The number of rotatable bonds is 4. The van der Waals surface area contributed by atoms with Crippen LogP contribution in [0.25, 0.3) is 0 Å². The first-order chi connectivity index (χ1) is 10.3. The van der Waals surface area contributed by atoms with Crippen LogP contribution in [0.1, 0.15) is 62.8 Å².